The molecular formula is C6H14I2O3. The molecule has 0 aromatic carbocycles. The van der Waals surface area contributed by atoms with Crippen molar-refractivity contribution < 1.29 is 14.2 Å². The number of hydrogen-bond donors (Lipinski definition) is 0. The van der Waals surface area contributed by atoms with Crippen molar-refractivity contribution >= 4 is 37.2 Å². The average Bonchev–Trinajstić information content (AvgIpc) is 2.08. The molecule has 0 saturated heterocycles. The van der Waals surface area contributed by atoms with Crippen LogP contribution >= 0.6 is 37.2 Å². The molecule has 5 heteroatoms. The van der Waals surface area contributed by atoms with Crippen LogP contribution < -0.4 is 0 Å². The van der Waals surface area contributed by atoms with Gasteiger partial charge in [0.2, 0.25) is 0 Å². The molecule has 0 spiro atoms. The fourth-order valence-corrected chi connectivity index (χ4v) is 0.556. The van der Waals surface area contributed by atoms with Crippen LogP contribution in [0.4, 0.5) is 0 Å². The molecule has 0 rings (SSSR count). The first-order valence-corrected chi connectivity index (χ1v) is 9.28. The summed E-state index contributed by atoms with van der Waals surface area (Å²) in [7, 11) is 4.92. The SMILES string of the molecule is COCC(COC)OC.II. The molecule has 0 aliphatic carbocycles. The number of ether oxygens (including phenoxy) is 3. The van der Waals surface area contributed by atoms with Gasteiger partial charge in [-0.2, -0.15) is 0 Å². The third-order valence-corrected chi connectivity index (χ3v) is 1.04. The van der Waals surface area contributed by atoms with E-state index < -0.39 is 0 Å². The molecule has 0 unspecified atom stereocenters. The Bertz CT molecular complexity index is 57.8. The monoisotopic (exact) mass is 388 g/mol. The van der Waals surface area contributed by atoms with Crippen molar-refractivity contribution in [2.75, 3.05) is 34.5 Å². The van der Waals surface area contributed by atoms with Gasteiger partial charge in [-0.25, -0.2) is 0 Å². The van der Waals surface area contributed by atoms with E-state index in [4.69, 9.17) is 14.2 Å². The van der Waals surface area contributed by atoms with Crippen molar-refractivity contribution in [3.8, 4) is 0 Å². The summed E-state index contributed by atoms with van der Waals surface area (Å²) in [5.41, 5.74) is 0. The highest BCUT2D eigenvalue weighted by atomic mass is 128. The van der Waals surface area contributed by atoms with Crippen molar-refractivity contribution in [1.29, 1.82) is 0 Å². The zero-order valence-corrected chi connectivity index (χ0v) is 11.3. The van der Waals surface area contributed by atoms with Gasteiger partial charge in [-0.15, -0.1) is 0 Å². The predicted octanol–water partition coefficient (Wildman–Crippen LogP) is 2.07. The maximum Gasteiger partial charge on any atom is 0.104 e. The summed E-state index contributed by atoms with van der Waals surface area (Å²) < 4.78 is 14.7. The highest BCUT2D eigenvalue weighted by Gasteiger charge is 2.03. The van der Waals surface area contributed by atoms with Crippen LogP contribution in [-0.4, -0.2) is 40.6 Å². The number of methoxy groups -OCH3 is 3. The molecule has 0 aliphatic rings. The molecule has 0 aromatic rings. The van der Waals surface area contributed by atoms with Crippen LogP contribution in [0, 0.1) is 0 Å². The second-order valence-electron chi connectivity index (χ2n) is 1.77. The van der Waals surface area contributed by atoms with E-state index in [2.05, 4.69) is 37.2 Å². The number of hydrogen-bond acceptors (Lipinski definition) is 3. The first-order chi connectivity index (χ1) is 5.35. The van der Waals surface area contributed by atoms with Crippen LogP contribution in [0.15, 0.2) is 0 Å². The van der Waals surface area contributed by atoms with Crippen molar-refractivity contribution in [3.05, 3.63) is 0 Å². The molecule has 0 aliphatic heterocycles. The van der Waals surface area contributed by atoms with Crippen LogP contribution in [0.5, 0.6) is 0 Å². The minimum absolute atomic E-state index is 0.0694. The highest BCUT2D eigenvalue weighted by molar-refractivity contribution is 15.0. The third-order valence-electron chi connectivity index (χ3n) is 1.04. The van der Waals surface area contributed by atoms with E-state index in [0.29, 0.717) is 13.2 Å². The quantitative estimate of drug-likeness (QED) is 0.676. The van der Waals surface area contributed by atoms with Crippen LogP contribution in [0.25, 0.3) is 0 Å². The lowest BCUT2D eigenvalue weighted by molar-refractivity contribution is -0.0178. The second-order valence-corrected chi connectivity index (χ2v) is 1.77. The second kappa shape index (κ2) is 13.9. The van der Waals surface area contributed by atoms with Gasteiger partial charge in [-0.3, -0.25) is 0 Å². The summed E-state index contributed by atoms with van der Waals surface area (Å²) in [4.78, 5) is 0. The van der Waals surface area contributed by atoms with E-state index in [9.17, 15) is 0 Å². The standard InChI is InChI=1S/C6H14O3.I2/c1-7-4-6(9-3)5-8-2;1-2/h6H,4-5H2,1-3H3;. The van der Waals surface area contributed by atoms with Gasteiger partial charge in [0.1, 0.15) is 6.10 Å². The minimum atomic E-state index is 0.0694. The van der Waals surface area contributed by atoms with E-state index in [0.717, 1.165) is 0 Å². The Kier molecular flexibility index (Phi) is 18.8. The van der Waals surface area contributed by atoms with Crippen molar-refractivity contribution in [2.24, 2.45) is 0 Å². The molecule has 3 nitrogen and oxygen atoms in total. The van der Waals surface area contributed by atoms with E-state index in [1.54, 1.807) is 21.3 Å². The molecule has 0 fully saturated rings. The van der Waals surface area contributed by atoms with Crippen molar-refractivity contribution in [3.63, 3.8) is 0 Å². The average molecular weight is 388 g/mol. The number of rotatable bonds is 5. The largest absolute Gasteiger partial charge is 0.382 e. The van der Waals surface area contributed by atoms with Gasteiger partial charge in [0, 0.05) is 58.6 Å². The summed E-state index contributed by atoms with van der Waals surface area (Å²) in [6, 6.07) is 0. The lowest BCUT2D eigenvalue weighted by Gasteiger charge is -2.11. The maximum absolute atomic E-state index is 4.98. The third kappa shape index (κ3) is 11.3. The molecule has 11 heavy (non-hydrogen) atoms. The van der Waals surface area contributed by atoms with Crippen LogP contribution in [0.1, 0.15) is 0 Å². The summed E-state index contributed by atoms with van der Waals surface area (Å²) in [6.45, 7) is 1.18. The fraction of sp³-hybridized carbons (Fsp3) is 1.00. The van der Waals surface area contributed by atoms with E-state index in [1.807, 2.05) is 0 Å². The fourth-order valence-electron chi connectivity index (χ4n) is 0.556. The topological polar surface area (TPSA) is 27.7 Å². The zero-order chi connectivity index (χ0) is 9.11. The van der Waals surface area contributed by atoms with Gasteiger partial charge >= 0.3 is 0 Å². The Morgan fingerprint density at radius 3 is 1.55 bits per heavy atom. The Morgan fingerprint density at radius 2 is 1.36 bits per heavy atom. The molecule has 0 radical (unpaired) electrons. The Balaban J connectivity index is 0. The summed E-state index contributed by atoms with van der Waals surface area (Å²) >= 11 is 4.24. The summed E-state index contributed by atoms with van der Waals surface area (Å²) in [5.74, 6) is 0. The van der Waals surface area contributed by atoms with E-state index >= 15 is 0 Å². The molecule has 0 saturated carbocycles. The Hall–Kier alpha value is 1.34. The minimum Gasteiger partial charge on any atom is -0.382 e. The highest BCUT2D eigenvalue weighted by Crippen LogP contribution is 1.89. The van der Waals surface area contributed by atoms with Gasteiger partial charge in [0.15, 0.2) is 0 Å². The van der Waals surface area contributed by atoms with E-state index in [-0.39, 0.29) is 6.10 Å². The van der Waals surface area contributed by atoms with Crippen molar-refractivity contribution in [2.45, 2.75) is 6.10 Å². The molecule has 0 N–H and O–H groups in total. The zero-order valence-electron chi connectivity index (χ0n) is 6.97. The van der Waals surface area contributed by atoms with Gasteiger partial charge in [-0.05, 0) is 0 Å². The summed E-state index contributed by atoms with van der Waals surface area (Å²) in [6.07, 6.45) is 0.0694. The molecule has 0 bridgehead atoms. The van der Waals surface area contributed by atoms with Gasteiger partial charge in [0.05, 0.1) is 13.2 Å². The molecule has 0 amide bonds. The van der Waals surface area contributed by atoms with Crippen molar-refractivity contribution in [1.82, 2.24) is 0 Å². The normalized spacial score (nSPS) is 9.27. The Morgan fingerprint density at radius 1 is 1.00 bits per heavy atom. The van der Waals surface area contributed by atoms with Crippen LogP contribution in [0.2, 0.25) is 0 Å². The molecule has 0 aromatic heterocycles. The maximum atomic E-state index is 4.98. The first-order valence-electron chi connectivity index (χ1n) is 3.00. The summed E-state index contributed by atoms with van der Waals surface area (Å²) in [5, 5.41) is 0. The number of halogens is 2. The lowest BCUT2D eigenvalue weighted by Crippen LogP contribution is -2.22. The smallest absolute Gasteiger partial charge is 0.104 e. The molecule has 0 atom stereocenters. The van der Waals surface area contributed by atoms with Crippen LogP contribution in [0.3, 0.4) is 0 Å². The first kappa shape index (κ1) is 14.8. The molecular weight excluding hydrogens is 374 g/mol. The van der Waals surface area contributed by atoms with E-state index in [1.165, 1.54) is 0 Å². The lowest BCUT2D eigenvalue weighted by atomic mass is 10.4. The van der Waals surface area contributed by atoms with Crippen LogP contribution in [-0.2, 0) is 14.2 Å². The molecule has 70 valence electrons. The molecule has 0 heterocycles. The van der Waals surface area contributed by atoms with Gasteiger partial charge in [-0.1, -0.05) is 0 Å². The Labute approximate surface area is 91.5 Å². The predicted molar refractivity (Wildman–Crippen MR) is 62.6 cm³/mol. The van der Waals surface area contributed by atoms with Gasteiger partial charge < -0.3 is 14.2 Å². The van der Waals surface area contributed by atoms with Gasteiger partial charge in [0.25, 0.3) is 0 Å².